The van der Waals surface area contributed by atoms with Crippen molar-refractivity contribution in [1.82, 2.24) is 5.32 Å². The molecule has 2 heteroatoms. The van der Waals surface area contributed by atoms with E-state index in [-0.39, 0.29) is 0 Å². The smallest absolute Gasteiger partial charge is 0.0165 e. The van der Waals surface area contributed by atoms with E-state index < -0.39 is 0 Å². The summed E-state index contributed by atoms with van der Waals surface area (Å²) in [6.45, 7) is 4.50. The molecule has 1 nitrogen and oxygen atoms in total. The van der Waals surface area contributed by atoms with Crippen LogP contribution in [-0.2, 0) is 0 Å². The van der Waals surface area contributed by atoms with Crippen molar-refractivity contribution in [2.24, 2.45) is 0 Å². The molecule has 1 N–H and O–H groups in total. The summed E-state index contributed by atoms with van der Waals surface area (Å²) in [5.74, 6) is 0.742. The highest BCUT2D eigenvalue weighted by Crippen LogP contribution is 2.27. The van der Waals surface area contributed by atoms with Crippen LogP contribution in [0.2, 0.25) is 0 Å². The molecule has 0 radical (unpaired) electrons. The van der Waals surface area contributed by atoms with Crippen molar-refractivity contribution in [3.8, 4) is 0 Å². The van der Waals surface area contributed by atoms with Crippen molar-refractivity contribution in [2.45, 2.75) is 19.3 Å². The van der Waals surface area contributed by atoms with Crippen LogP contribution in [0.25, 0.3) is 0 Å². The lowest BCUT2D eigenvalue weighted by molar-refractivity contribution is 0.758. The van der Waals surface area contributed by atoms with Crippen molar-refractivity contribution < 1.29 is 0 Å². The molecule has 1 aromatic carbocycles. The first-order valence-corrected chi connectivity index (χ1v) is 5.82. The maximum Gasteiger partial charge on any atom is 0.0165 e. The Kier molecular flexibility index (Phi) is 2.89. The van der Waals surface area contributed by atoms with Crippen LogP contribution in [0.1, 0.15) is 23.5 Å². The van der Waals surface area contributed by atoms with Gasteiger partial charge in [-0.25, -0.2) is 0 Å². The van der Waals surface area contributed by atoms with Gasteiger partial charge in [-0.1, -0.05) is 17.7 Å². The number of hydrogen-bond acceptors (Lipinski definition) is 1. The summed E-state index contributed by atoms with van der Waals surface area (Å²) in [7, 11) is 0. The molecule has 0 amide bonds. The van der Waals surface area contributed by atoms with Gasteiger partial charge in [0.05, 0.1) is 0 Å². The molecule has 0 unspecified atom stereocenters. The van der Waals surface area contributed by atoms with Crippen LogP contribution in [0, 0.1) is 10.5 Å². The predicted octanol–water partition coefficient (Wildman–Crippen LogP) is 2.68. The molecule has 70 valence electrons. The van der Waals surface area contributed by atoms with E-state index in [1.54, 1.807) is 0 Å². The van der Waals surface area contributed by atoms with Crippen LogP contribution in [0.15, 0.2) is 18.2 Å². The lowest BCUT2D eigenvalue weighted by atomic mass is 9.97. The van der Waals surface area contributed by atoms with Crippen molar-refractivity contribution in [2.75, 3.05) is 13.1 Å². The summed E-state index contributed by atoms with van der Waals surface area (Å²) in [6, 6.07) is 6.75. The first-order valence-electron chi connectivity index (χ1n) is 4.74. The third-order valence-corrected chi connectivity index (χ3v) is 3.63. The fraction of sp³-hybridized carbons (Fsp3) is 0.455. The number of hydrogen-bond donors (Lipinski definition) is 1. The molecule has 1 atom stereocenters. The Hall–Kier alpha value is -0.0900. The van der Waals surface area contributed by atoms with Crippen LogP contribution < -0.4 is 5.32 Å². The maximum atomic E-state index is 3.41. The highest BCUT2D eigenvalue weighted by molar-refractivity contribution is 14.1. The van der Waals surface area contributed by atoms with Gasteiger partial charge in [-0.3, -0.25) is 0 Å². The lowest BCUT2D eigenvalue weighted by Gasteiger charge is -2.11. The van der Waals surface area contributed by atoms with Gasteiger partial charge in [0.15, 0.2) is 0 Å². The topological polar surface area (TPSA) is 12.0 Å². The summed E-state index contributed by atoms with van der Waals surface area (Å²) in [5.41, 5.74) is 2.91. The number of halogens is 1. The fourth-order valence-corrected chi connectivity index (χ4v) is 2.67. The SMILES string of the molecule is Cc1ccc(I)c([C@@H]2CCNC2)c1. The number of nitrogens with one attached hydrogen (secondary N) is 1. The minimum Gasteiger partial charge on any atom is -0.316 e. The normalized spacial score (nSPS) is 22.2. The molecule has 1 heterocycles. The highest BCUT2D eigenvalue weighted by Gasteiger charge is 2.18. The van der Waals surface area contributed by atoms with E-state index in [2.05, 4.69) is 53.0 Å². The second-order valence-electron chi connectivity index (χ2n) is 3.71. The Balaban J connectivity index is 2.32. The van der Waals surface area contributed by atoms with Gasteiger partial charge in [-0.2, -0.15) is 0 Å². The van der Waals surface area contributed by atoms with Crippen LogP contribution in [0.5, 0.6) is 0 Å². The molecule has 1 aromatic rings. The third-order valence-electron chi connectivity index (χ3n) is 2.65. The fourth-order valence-electron chi connectivity index (χ4n) is 1.90. The first kappa shape index (κ1) is 9.46. The molecule has 1 aliphatic heterocycles. The van der Waals surface area contributed by atoms with Gasteiger partial charge in [0.2, 0.25) is 0 Å². The minimum absolute atomic E-state index is 0.742. The van der Waals surface area contributed by atoms with Crippen LogP contribution >= 0.6 is 22.6 Å². The van der Waals surface area contributed by atoms with E-state index >= 15 is 0 Å². The van der Waals surface area contributed by atoms with Gasteiger partial charge in [0.25, 0.3) is 0 Å². The second-order valence-corrected chi connectivity index (χ2v) is 4.88. The van der Waals surface area contributed by atoms with Gasteiger partial charge in [-0.15, -0.1) is 0 Å². The van der Waals surface area contributed by atoms with Gasteiger partial charge in [0.1, 0.15) is 0 Å². The Morgan fingerprint density at radius 3 is 3.00 bits per heavy atom. The monoisotopic (exact) mass is 287 g/mol. The zero-order chi connectivity index (χ0) is 9.26. The molecular formula is C11H14IN. The van der Waals surface area contributed by atoms with E-state index in [9.17, 15) is 0 Å². The summed E-state index contributed by atoms with van der Waals surface area (Å²) in [6.07, 6.45) is 1.29. The first-order chi connectivity index (χ1) is 6.27. The van der Waals surface area contributed by atoms with Crippen LogP contribution in [0.4, 0.5) is 0 Å². The Labute approximate surface area is 93.1 Å². The number of rotatable bonds is 1. The minimum atomic E-state index is 0.742. The van der Waals surface area contributed by atoms with E-state index in [1.165, 1.54) is 27.7 Å². The molecule has 1 fully saturated rings. The van der Waals surface area contributed by atoms with Crippen molar-refractivity contribution in [3.05, 3.63) is 32.9 Å². The average molecular weight is 287 g/mol. The zero-order valence-corrected chi connectivity index (χ0v) is 9.97. The Morgan fingerprint density at radius 1 is 1.46 bits per heavy atom. The van der Waals surface area contributed by atoms with Gasteiger partial charge >= 0.3 is 0 Å². The van der Waals surface area contributed by atoms with Gasteiger partial charge in [-0.05, 0) is 60.0 Å². The van der Waals surface area contributed by atoms with Gasteiger partial charge < -0.3 is 5.32 Å². The number of aryl methyl sites for hydroxylation is 1. The molecule has 1 saturated heterocycles. The molecule has 0 spiro atoms. The summed E-state index contributed by atoms with van der Waals surface area (Å²) >= 11 is 2.44. The summed E-state index contributed by atoms with van der Waals surface area (Å²) < 4.78 is 1.41. The number of benzene rings is 1. The van der Waals surface area contributed by atoms with E-state index in [4.69, 9.17) is 0 Å². The largest absolute Gasteiger partial charge is 0.316 e. The quantitative estimate of drug-likeness (QED) is 0.783. The molecule has 0 aromatic heterocycles. The standard InChI is InChI=1S/C11H14IN/c1-8-2-3-11(12)10(6-8)9-4-5-13-7-9/h2-3,6,9,13H,4-5,7H2,1H3/t9-/m1/s1. The van der Waals surface area contributed by atoms with Gasteiger partial charge in [0, 0.05) is 10.1 Å². The maximum absolute atomic E-state index is 3.41. The highest BCUT2D eigenvalue weighted by atomic mass is 127. The molecule has 13 heavy (non-hydrogen) atoms. The molecule has 1 aliphatic rings. The molecule has 0 bridgehead atoms. The van der Waals surface area contributed by atoms with E-state index in [1.807, 2.05) is 0 Å². The van der Waals surface area contributed by atoms with Crippen molar-refractivity contribution in [3.63, 3.8) is 0 Å². The van der Waals surface area contributed by atoms with E-state index in [0.717, 1.165) is 12.5 Å². The Bertz CT molecular complexity index is 303. The predicted molar refractivity (Wildman–Crippen MR) is 64.1 cm³/mol. The van der Waals surface area contributed by atoms with Crippen molar-refractivity contribution in [1.29, 1.82) is 0 Å². The lowest BCUT2D eigenvalue weighted by Crippen LogP contribution is -2.08. The molecule has 0 saturated carbocycles. The van der Waals surface area contributed by atoms with Crippen LogP contribution in [-0.4, -0.2) is 13.1 Å². The summed E-state index contributed by atoms with van der Waals surface area (Å²) in [4.78, 5) is 0. The Morgan fingerprint density at radius 2 is 2.31 bits per heavy atom. The molecule has 2 rings (SSSR count). The van der Waals surface area contributed by atoms with Crippen molar-refractivity contribution >= 4 is 22.6 Å². The molecular weight excluding hydrogens is 273 g/mol. The summed E-state index contributed by atoms with van der Waals surface area (Å²) in [5, 5.41) is 3.41. The third kappa shape index (κ3) is 2.05. The van der Waals surface area contributed by atoms with E-state index in [0.29, 0.717) is 0 Å². The van der Waals surface area contributed by atoms with Crippen LogP contribution in [0.3, 0.4) is 0 Å². The molecule has 0 aliphatic carbocycles. The average Bonchev–Trinajstić information content (AvgIpc) is 2.61. The zero-order valence-electron chi connectivity index (χ0n) is 7.81. The second kappa shape index (κ2) is 3.96.